The van der Waals surface area contributed by atoms with E-state index < -0.39 is 24.0 Å². The molecule has 2 aromatic heterocycles. The summed E-state index contributed by atoms with van der Waals surface area (Å²) in [4.78, 5) is 25.2. The number of carboxylic acids is 1. The molecule has 12 heteroatoms. The van der Waals surface area contributed by atoms with Gasteiger partial charge in [-0.2, -0.15) is 13.2 Å². The highest BCUT2D eigenvalue weighted by atomic mass is 35.5. The minimum atomic E-state index is -5.08. The first-order chi connectivity index (χ1) is 12.9. The third-order valence-corrected chi connectivity index (χ3v) is 4.28. The van der Waals surface area contributed by atoms with Gasteiger partial charge in [-0.15, -0.1) is 0 Å². The summed E-state index contributed by atoms with van der Waals surface area (Å²) in [6.07, 6.45) is -3.23. The Morgan fingerprint density at radius 3 is 2.36 bits per heavy atom. The number of carboxylic acid groups (broad SMARTS) is 1. The molecular formula is C16H15ClF5N3O3. The third kappa shape index (κ3) is 5.54. The van der Waals surface area contributed by atoms with E-state index in [2.05, 4.69) is 10.3 Å². The zero-order valence-corrected chi connectivity index (χ0v) is 14.9. The van der Waals surface area contributed by atoms with Crippen LogP contribution in [0, 0.1) is 0 Å². The molecule has 0 unspecified atom stereocenters. The van der Waals surface area contributed by atoms with Crippen LogP contribution >= 0.6 is 11.6 Å². The Bertz CT molecular complexity index is 859. The van der Waals surface area contributed by atoms with Crippen LogP contribution in [0.4, 0.5) is 22.0 Å². The molecule has 28 heavy (non-hydrogen) atoms. The van der Waals surface area contributed by atoms with E-state index in [1.807, 2.05) is 0 Å². The summed E-state index contributed by atoms with van der Waals surface area (Å²) in [6, 6.07) is 5.08. The number of hydrogen-bond acceptors (Lipinski definition) is 3. The highest BCUT2D eigenvalue weighted by Crippen LogP contribution is 2.33. The molecule has 2 N–H and O–H groups in total. The van der Waals surface area contributed by atoms with Crippen molar-refractivity contribution in [3.8, 4) is 0 Å². The number of fused-ring (bicyclic) bond motifs is 1. The van der Waals surface area contributed by atoms with E-state index in [9.17, 15) is 26.7 Å². The number of amides is 1. The fourth-order valence-electron chi connectivity index (χ4n) is 2.59. The fourth-order valence-corrected chi connectivity index (χ4v) is 2.83. The summed E-state index contributed by atoms with van der Waals surface area (Å²) in [6.45, 7) is 0. The van der Waals surface area contributed by atoms with Crippen LogP contribution in [0.1, 0.15) is 36.3 Å². The maximum atomic E-state index is 13.1. The highest BCUT2D eigenvalue weighted by molar-refractivity contribution is 6.33. The SMILES string of the molecule is O=C(NC1CCC(F)(F)CC1)c1nc(Cl)c2ccccn12.O=C(O)C(F)(F)F. The van der Waals surface area contributed by atoms with Crippen molar-refractivity contribution in [2.24, 2.45) is 0 Å². The minimum absolute atomic E-state index is 0.174. The number of halogens is 6. The summed E-state index contributed by atoms with van der Waals surface area (Å²) >= 11 is 5.99. The molecule has 1 fully saturated rings. The van der Waals surface area contributed by atoms with Gasteiger partial charge in [0.15, 0.2) is 5.15 Å². The molecule has 0 spiro atoms. The van der Waals surface area contributed by atoms with Crippen molar-refractivity contribution in [1.82, 2.24) is 14.7 Å². The number of alkyl halides is 5. The molecule has 0 aliphatic heterocycles. The number of hydrogen-bond donors (Lipinski definition) is 2. The van der Waals surface area contributed by atoms with Gasteiger partial charge in [0.25, 0.3) is 5.91 Å². The monoisotopic (exact) mass is 427 g/mol. The second-order valence-corrected chi connectivity index (χ2v) is 6.45. The van der Waals surface area contributed by atoms with Gasteiger partial charge < -0.3 is 10.4 Å². The Morgan fingerprint density at radius 1 is 1.25 bits per heavy atom. The first-order valence-corrected chi connectivity index (χ1v) is 8.40. The smallest absolute Gasteiger partial charge is 0.475 e. The first-order valence-electron chi connectivity index (χ1n) is 8.02. The summed E-state index contributed by atoms with van der Waals surface area (Å²) in [5.74, 6) is -5.58. The third-order valence-electron chi connectivity index (χ3n) is 4.00. The van der Waals surface area contributed by atoms with Crippen LogP contribution in [0.2, 0.25) is 5.15 Å². The summed E-state index contributed by atoms with van der Waals surface area (Å²) < 4.78 is 59.5. The Labute approximate surface area is 160 Å². The van der Waals surface area contributed by atoms with Gasteiger partial charge in [-0.3, -0.25) is 9.20 Å². The molecule has 0 atom stereocenters. The average Bonchev–Trinajstić information content (AvgIpc) is 2.94. The molecule has 0 radical (unpaired) electrons. The number of carbonyl (C=O) groups excluding carboxylic acids is 1. The molecule has 1 saturated carbocycles. The predicted molar refractivity (Wildman–Crippen MR) is 88.6 cm³/mol. The number of pyridine rings is 1. The van der Waals surface area contributed by atoms with Crippen LogP contribution in [-0.2, 0) is 4.79 Å². The first kappa shape index (κ1) is 21.9. The number of carbonyl (C=O) groups is 2. The van der Waals surface area contributed by atoms with Crippen molar-refractivity contribution in [2.45, 2.75) is 43.8 Å². The van der Waals surface area contributed by atoms with Crippen LogP contribution < -0.4 is 5.32 Å². The van der Waals surface area contributed by atoms with Crippen LogP contribution in [0.5, 0.6) is 0 Å². The molecule has 1 aliphatic rings. The van der Waals surface area contributed by atoms with E-state index in [0.29, 0.717) is 5.52 Å². The number of nitrogens with one attached hydrogen (secondary N) is 1. The quantitative estimate of drug-likeness (QED) is 0.711. The van der Waals surface area contributed by atoms with Crippen LogP contribution in [-0.4, -0.2) is 44.5 Å². The molecule has 2 aromatic rings. The topological polar surface area (TPSA) is 83.7 Å². The molecule has 6 nitrogen and oxygen atoms in total. The van der Waals surface area contributed by atoms with E-state index in [1.54, 1.807) is 28.8 Å². The number of aromatic nitrogens is 2. The van der Waals surface area contributed by atoms with E-state index in [4.69, 9.17) is 21.5 Å². The van der Waals surface area contributed by atoms with Crippen molar-refractivity contribution in [2.75, 3.05) is 0 Å². The maximum Gasteiger partial charge on any atom is 0.490 e. The molecular weight excluding hydrogens is 413 g/mol. The van der Waals surface area contributed by atoms with Gasteiger partial charge in [0.1, 0.15) is 0 Å². The van der Waals surface area contributed by atoms with Gasteiger partial charge in [0.05, 0.1) is 5.52 Å². The van der Waals surface area contributed by atoms with Gasteiger partial charge in [-0.05, 0) is 25.0 Å². The fraction of sp³-hybridized carbons (Fsp3) is 0.438. The molecule has 0 saturated heterocycles. The van der Waals surface area contributed by atoms with Gasteiger partial charge in [-0.25, -0.2) is 18.6 Å². The summed E-state index contributed by atoms with van der Waals surface area (Å²) in [5.41, 5.74) is 0.638. The molecule has 2 heterocycles. The van der Waals surface area contributed by atoms with Crippen molar-refractivity contribution in [3.63, 3.8) is 0 Å². The largest absolute Gasteiger partial charge is 0.490 e. The second-order valence-electron chi connectivity index (χ2n) is 6.09. The lowest BCUT2D eigenvalue weighted by Crippen LogP contribution is -2.40. The number of aliphatic carboxylic acids is 1. The zero-order valence-electron chi connectivity index (χ0n) is 14.1. The van der Waals surface area contributed by atoms with E-state index in [1.165, 1.54) is 0 Å². The molecule has 1 aliphatic carbocycles. The Balaban J connectivity index is 0.000000345. The van der Waals surface area contributed by atoms with Gasteiger partial charge in [0.2, 0.25) is 11.7 Å². The van der Waals surface area contributed by atoms with Crippen LogP contribution in [0.25, 0.3) is 5.52 Å². The molecule has 0 aromatic carbocycles. The number of nitrogens with zero attached hydrogens (tertiary/aromatic N) is 2. The lowest BCUT2D eigenvalue weighted by atomic mass is 9.92. The lowest BCUT2D eigenvalue weighted by Gasteiger charge is -2.28. The Morgan fingerprint density at radius 2 is 1.82 bits per heavy atom. The molecule has 3 rings (SSSR count). The Kier molecular flexibility index (Phi) is 6.48. The van der Waals surface area contributed by atoms with Crippen LogP contribution in [0.3, 0.4) is 0 Å². The molecule has 154 valence electrons. The molecule has 1 amide bonds. The lowest BCUT2D eigenvalue weighted by molar-refractivity contribution is -0.192. The Hall–Kier alpha value is -2.43. The van der Waals surface area contributed by atoms with Crippen molar-refractivity contribution in [3.05, 3.63) is 35.4 Å². The van der Waals surface area contributed by atoms with E-state index in [0.717, 1.165) is 0 Å². The standard InChI is InChI=1S/C14H14ClF2N3O.C2HF3O2/c15-11-10-3-1-2-8-20(10)12(19-11)13(21)18-9-4-6-14(16,17)7-5-9;3-2(4,5)1(6)7/h1-3,8-9H,4-7H2,(H,18,21);(H,6,7). The van der Waals surface area contributed by atoms with Crippen LogP contribution in [0.15, 0.2) is 24.4 Å². The number of imidazole rings is 1. The minimum Gasteiger partial charge on any atom is -0.475 e. The highest BCUT2D eigenvalue weighted by Gasteiger charge is 2.38. The van der Waals surface area contributed by atoms with E-state index in [-0.39, 0.29) is 42.7 Å². The normalized spacial score (nSPS) is 16.9. The summed E-state index contributed by atoms with van der Waals surface area (Å²) in [7, 11) is 0. The van der Waals surface area contributed by atoms with Gasteiger partial charge in [-0.1, -0.05) is 17.7 Å². The summed E-state index contributed by atoms with van der Waals surface area (Å²) in [5, 5.41) is 10.1. The zero-order chi connectivity index (χ0) is 21.1. The van der Waals surface area contributed by atoms with Gasteiger partial charge >= 0.3 is 12.1 Å². The maximum absolute atomic E-state index is 13.1. The van der Waals surface area contributed by atoms with Crippen molar-refractivity contribution >= 4 is 29.0 Å². The number of rotatable bonds is 2. The second kappa shape index (κ2) is 8.29. The average molecular weight is 428 g/mol. The van der Waals surface area contributed by atoms with Crippen molar-refractivity contribution in [1.29, 1.82) is 0 Å². The molecule has 0 bridgehead atoms. The van der Waals surface area contributed by atoms with Crippen molar-refractivity contribution < 1.29 is 36.6 Å². The van der Waals surface area contributed by atoms with Gasteiger partial charge in [0, 0.05) is 25.1 Å². The van der Waals surface area contributed by atoms with E-state index >= 15 is 0 Å². The predicted octanol–water partition coefficient (Wildman–Crippen LogP) is 3.93.